The first-order valence-electron chi connectivity index (χ1n) is 7.48. The van der Waals surface area contributed by atoms with Crippen molar-refractivity contribution in [3.63, 3.8) is 0 Å². The third-order valence-electron chi connectivity index (χ3n) is 3.90. The van der Waals surface area contributed by atoms with E-state index in [4.69, 9.17) is 14.5 Å². The molecule has 1 saturated heterocycles. The van der Waals surface area contributed by atoms with E-state index in [-0.39, 0.29) is 0 Å². The molecule has 0 N–H and O–H groups in total. The molecule has 0 unspecified atom stereocenters. The van der Waals surface area contributed by atoms with E-state index in [1.165, 1.54) is 17.0 Å². The first-order valence-corrected chi connectivity index (χ1v) is 7.48. The van der Waals surface area contributed by atoms with E-state index in [2.05, 4.69) is 31.0 Å². The number of aromatic nitrogens is 1. The van der Waals surface area contributed by atoms with Crippen molar-refractivity contribution < 1.29 is 9.47 Å². The molecule has 1 aromatic rings. The summed E-state index contributed by atoms with van der Waals surface area (Å²) in [7, 11) is 3.86. The average Bonchev–Trinajstić information content (AvgIpc) is 2.99. The molecule has 1 fully saturated rings. The Hall–Kier alpha value is -0.970. The Morgan fingerprint density at radius 1 is 1.45 bits per heavy atom. The number of methoxy groups -OCH3 is 1. The fourth-order valence-electron chi connectivity index (χ4n) is 2.61. The summed E-state index contributed by atoms with van der Waals surface area (Å²) >= 11 is 0. The van der Waals surface area contributed by atoms with Crippen molar-refractivity contribution in [1.29, 1.82) is 0 Å². The Bertz CT molecular complexity index is 417. The van der Waals surface area contributed by atoms with Crippen molar-refractivity contribution in [3.8, 4) is 0 Å². The third kappa shape index (κ3) is 4.01. The Kier molecular flexibility index (Phi) is 5.95. The monoisotopic (exact) mass is 278 g/mol. The lowest BCUT2D eigenvalue weighted by atomic mass is 9.96. The van der Waals surface area contributed by atoms with Gasteiger partial charge in [-0.2, -0.15) is 0 Å². The molecule has 0 radical (unpaired) electrons. The van der Waals surface area contributed by atoms with Gasteiger partial charge in [-0.15, -0.1) is 0 Å². The van der Waals surface area contributed by atoms with E-state index in [0.717, 1.165) is 45.8 Å². The highest BCUT2D eigenvalue weighted by Crippen LogP contribution is 2.28. The molecular weight excluding hydrogens is 252 g/mol. The number of ether oxygens (including phenoxy) is 2. The van der Waals surface area contributed by atoms with Gasteiger partial charge in [-0.05, 0) is 31.5 Å². The van der Waals surface area contributed by atoms with Crippen molar-refractivity contribution in [2.75, 3.05) is 40.5 Å². The van der Waals surface area contributed by atoms with Crippen LogP contribution < -0.4 is 0 Å². The van der Waals surface area contributed by atoms with Gasteiger partial charge in [0.1, 0.15) is 0 Å². The minimum Gasteiger partial charge on any atom is -0.383 e. The normalized spacial score (nSPS) is 18.9. The van der Waals surface area contributed by atoms with Crippen molar-refractivity contribution in [1.82, 2.24) is 9.88 Å². The number of pyridine rings is 1. The van der Waals surface area contributed by atoms with Crippen LogP contribution in [-0.2, 0) is 22.4 Å². The van der Waals surface area contributed by atoms with Crippen LogP contribution in [0, 0.1) is 0 Å². The predicted octanol–water partition coefficient (Wildman–Crippen LogP) is 2.23. The first kappa shape index (κ1) is 15.4. The molecule has 0 amide bonds. The van der Waals surface area contributed by atoms with Crippen molar-refractivity contribution in [3.05, 3.63) is 29.1 Å². The lowest BCUT2D eigenvalue weighted by molar-refractivity contribution is 0.157. The zero-order chi connectivity index (χ0) is 14.4. The van der Waals surface area contributed by atoms with E-state index < -0.39 is 0 Å². The largest absolute Gasteiger partial charge is 0.383 e. The van der Waals surface area contributed by atoms with Crippen molar-refractivity contribution in [2.24, 2.45) is 0 Å². The standard InChI is InChI=1S/C16H26N2O2/c1-4-14-5-6-15(13-7-9-20-12-13)16(17-14)11-18(2)8-10-19-3/h5-6,13H,4,7-12H2,1-3H3/t13-/m0/s1. The number of aryl methyl sites for hydroxylation is 1. The fraction of sp³-hybridized carbons (Fsp3) is 0.688. The minimum atomic E-state index is 0.513. The Morgan fingerprint density at radius 3 is 2.95 bits per heavy atom. The lowest BCUT2D eigenvalue weighted by Gasteiger charge is -2.20. The molecule has 20 heavy (non-hydrogen) atoms. The summed E-state index contributed by atoms with van der Waals surface area (Å²) in [6, 6.07) is 4.41. The van der Waals surface area contributed by atoms with Gasteiger partial charge in [0.05, 0.1) is 18.9 Å². The second-order valence-corrected chi connectivity index (χ2v) is 5.48. The molecule has 2 heterocycles. The number of hydrogen-bond acceptors (Lipinski definition) is 4. The maximum absolute atomic E-state index is 5.53. The van der Waals surface area contributed by atoms with Gasteiger partial charge < -0.3 is 9.47 Å². The quantitative estimate of drug-likeness (QED) is 0.766. The van der Waals surface area contributed by atoms with Crippen LogP contribution in [0.1, 0.15) is 36.2 Å². The van der Waals surface area contributed by atoms with Gasteiger partial charge >= 0.3 is 0 Å². The maximum Gasteiger partial charge on any atom is 0.0589 e. The highest BCUT2D eigenvalue weighted by molar-refractivity contribution is 5.28. The Morgan fingerprint density at radius 2 is 2.30 bits per heavy atom. The minimum absolute atomic E-state index is 0.513. The average molecular weight is 278 g/mol. The molecular formula is C16H26N2O2. The van der Waals surface area contributed by atoms with Crippen molar-refractivity contribution in [2.45, 2.75) is 32.2 Å². The Labute approximate surface area is 122 Å². The van der Waals surface area contributed by atoms with Crippen LogP contribution in [0.3, 0.4) is 0 Å². The summed E-state index contributed by atoms with van der Waals surface area (Å²) in [4.78, 5) is 7.11. The van der Waals surface area contributed by atoms with E-state index in [1.807, 2.05) is 0 Å². The predicted molar refractivity (Wildman–Crippen MR) is 80.0 cm³/mol. The number of nitrogens with zero attached hydrogens (tertiary/aromatic N) is 2. The van der Waals surface area contributed by atoms with Crippen LogP contribution >= 0.6 is 0 Å². The van der Waals surface area contributed by atoms with E-state index in [1.54, 1.807) is 7.11 Å². The van der Waals surface area contributed by atoms with E-state index >= 15 is 0 Å². The topological polar surface area (TPSA) is 34.6 Å². The van der Waals surface area contributed by atoms with Gasteiger partial charge in [0, 0.05) is 38.4 Å². The molecule has 1 aliphatic heterocycles. The molecule has 2 rings (SSSR count). The zero-order valence-electron chi connectivity index (χ0n) is 12.9. The van der Waals surface area contributed by atoms with Crippen LogP contribution in [0.25, 0.3) is 0 Å². The first-order chi connectivity index (χ1) is 9.74. The molecule has 112 valence electrons. The highest BCUT2D eigenvalue weighted by Gasteiger charge is 2.22. The molecule has 1 atom stereocenters. The second kappa shape index (κ2) is 7.72. The summed E-state index contributed by atoms with van der Waals surface area (Å²) in [6.45, 7) is 6.42. The van der Waals surface area contributed by atoms with E-state index in [0.29, 0.717) is 5.92 Å². The highest BCUT2D eigenvalue weighted by atomic mass is 16.5. The maximum atomic E-state index is 5.53. The second-order valence-electron chi connectivity index (χ2n) is 5.48. The summed E-state index contributed by atoms with van der Waals surface area (Å²) in [5.74, 6) is 0.513. The molecule has 0 aromatic carbocycles. The van der Waals surface area contributed by atoms with Gasteiger partial charge in [-0.25, -0.2) is 0 Å². The van der Waals surface area contributed by atoms with E-state index in [9.17, 15) is 0 Å². The third-order valence-corrected chi connectivity index (χ3v) is 3.90. The lowest BCUT2D eigenvalue weighted by Crippen LogP contribution is -2.24. The van der Waals surface area contributed by atoms with Crippen LogP contribution in [-0.4, -0.2) is 50.4 Å². The van der Waals surface area contributed by atoms with Gasteiger partial charge in [0.25, 0.3) is 0 Å². The van der Waals surface area contributed by atoms with Crippen molar-refractivity contribution >= 4 is 0 Å². The molecule has 4 nitrogen and oxygen atoms in total. The van der Waals surface area contributed by atoms with Crippen LogP contribution in [0.5, 0.6) is 0 Å². The van der Waals surface area contributed by atoms with Gasteiger partial charge in [-0.1, -0.05) is 13.0 Å². The van der Waals surface area contributed by atoms with Gasteiger partial charge in [-0.3, -0.25) is 9.88 Å². The number of likely N-dealkylation sites (N-methyl/N-ethyl adjacent to an activating group) is 1. The molecule has 0 spiro atoms. The molecule has 0 saturated carbocycles. The summed E-state index contributed by atoms with van der Waals surface area (Å²) in [6.07, 6.45) is 2.10. The van der Waals surface area contributed by atoms with Crippen LogP contribution in [0.4, 0.5) is 0 Å². The summed E-state index contributed by atoms with van der Waals surface area (Å²) < 4.78 is 10.7. The number of rotatable bonds is 7. The molecule has 0 aliphatic carbocycles. The molecule has 1 aliphatic rings. The molecule has 1 aromatic heterocycles. The van der Waals surface area contributed by atoms with Gasteiger partial charge in [0.15, 0.2) is 0 Å². The molecule has 0 bridgehead atoms. The van der Waals surface area contributed by atoms with Crippen LogP contribution in [0.15, 0.2) is 12.1 Å². The molecule has 4 heteroatoms. The SMILES string of the molecule is CCc1ccc([C@H]2CCOC2)c(CN(C)CCOC)n1. The zero-order valence-corrected chi connectivity index (χ0v) is 12.9. The Balaban J connectivity index is 2.14. The smallest absolute Gasteiger partial charge is 0.0589 e. The number of hydrogen-bond donors (Lipinski definition) is 0. The summed E-state index contributed by atoms with van der Waals surface area (Å²) in [5.41, 5.74) is 3.74. The van der Waals surface area contributed by atoms with Crippen LogP contribution in [0.2, 0.25) is 0 Å². The summed E-state index contributed by atoms with van der Waals surface area (Å²) in [5, 5.41) is 0. The fourth-order valence-corrected chi connectivity index (χ4v) is 2.61. The van der Waals surface area contributed by atoms with Gasteiger partial charge in [0.2, 0.25) is 0 Å².